The highest BCUT2D eigenvalue weighted by Gasteiger charge is 2.27. The van der Waals surface area contributed by atoms with Crippen LogP contribution >= 0.6 is 0 Å². The summed E-state index contributed by atoms with van der Waals surface area (Å²) in [4.78, 5) is 4.50. The highest BCUT2D eigenvalue weighted by Crippen LogP contribution is 2.29. The van der Waals surface area contributed by atoms with Gasteiger partial charge in [-0.3, -0.25) is 4.98 Å². The second-order valence-electron chi connectivity index (χ2n) is 4.54. The van der Waals surface area contributed by atoms with Gasteiger partial charge in [-0.25, -0.2) is 0 Å². The first kappa shape index (κ1) is 10.6. The summed E-state index contributed by atoms with van der Waals surface area (Å²) in [6.45, 7) is 2.17. The molecule has 1 aromatic rings. The molecule has 0 radical (unpaired) electrons. The van der Waals surface area contributed by atoms with Gasteiger partial charge in [-0.1, -0.05) is 13.0 Å². The van der Waals surface area contributed by atoms with Crippen molar-refractivity contribution in [2.24, 2.45) is 5.92 Å². The average molecular weight is 204 g/mol. The topological polar surface area (TPSA) is 24.9 Å². The third-order valence-electron chi connectivity index (χ3n) is 3.44. The quantitative estimate of drug-likeness (QED) is 0.813. The molecule has 1 aromatic heterocycles. The third-order valence-corrected chi connectivity index (χ3v) is 3.44. The van der Waals surface area contributed by atoms with Gasteiger partial charge in [0.2, 0.25) is 0 Å². The SMILES string of the molecule is CCc1ccc(CC2CC(NC)C2)nc1. The van der Waals surface area contributed by atoms with Crippen molar-refractivity contribution in [3.63, 3.8) is 0 Å². The number of aryl methyl sites for hydroxylation is 1. The van der Waals surface area contributed by atoms with E-state index < -0.39 is 0 Å². The molecule has 2 rings (SSSR count). The van der Waals surface area contributed by atoms with Crippen LogP contribution in [-0.4, -0.2) is 18.1 Å². The van der Waals surface area contributed by atoms with Crippen LogP contribution in [0.1, 0.15) is 31.0 Å². The molecule has 82 valence electrons. The van der Waals surface area contributed by atoms with E-state index in [1.54, 1.807) is 0 Å². The third kappa shape index (κ3) is 2.57. The Morgan fingerprint density at radius 1 is 1.40 bits per heavy atom. The maximum atomic E-state index is 4.50. The number of hydrogen-bond acceptors (Lipinski definition) is 2. The van der Waals surface area contributed by atoms with Crippen molar-refractivity contribution in [3.05, 3.63) is 29.6 Å². The summed E-state index contributed by atoms with van der Waals surface area (Å²) < 4.78 is 0. The number of hydrogen-bond donors (Lipinski definition) is 1. The number of nitrogens with one attached hydrogen (secondary N) is 1. The predicted molar refractivity (Wildman–Crippen MR) is 62.9 cm³/mol. The molecule has 0 amide bonds. The Hall–Kier alpha value is -0.890. The van der Waals surface area contributed by atoms with Crippen LogP contribution in [0.15, 0.2) is 18.3 Å². The molecule has 0 aliphatic heterocycles. The first-order valence-electron chi connectivity index (χ1n) is 5.93. The second kappa shape index (κ2) is 4.75. The van der Waals surface area contributed by atoms with Gasteiger partial charge in [0.05, 0.1) is 0 Å². The lowest BCUT2D eigenvalue weighted by Crippen LogP contribution is -2.39. The minimum Gasteiger partial charge on any atom is -0.317 e. The van der Waals surface area contributed by atoms with Gasteiger partial charge in [-0.05, 0) is 50.3 Å². The van der Waals surface area contributed by atoms with Gasteiger partial charge in [0.25, 0.3) is 0 Å². The molecule has 1 aliphatic rings. The van der Waals surface area contributed by atoms with Crippen molar-refractivity contribution in [2.75, 3.05) is 7.05 Å². The maximum Gasteiger partial charge on any atom is 0.0406 e. The zero-order chi connectivity index (χ0) is 10.7. The molecule has 1 aliphatic carbocycles. The van der Waals surface area contributed by atoms with E-state index in [0.717, 1.165) is 24.8 Å². The van der Waals surface area contributed by atoms with Gasteiger partial charge in [-0.2, -0.15) is 0 Å². The van der Waals surface area contributed by atoms with Crippen LogP contribution in [0.5, 0.6) is 0 Å². The van der Waals surface area contributed by atoms with Gasteiger partial charge in [0.15, 0.2) is 0 Å². The van der Waals surface area contributed by atoms with Crippen molar-refractivity contribution in [1.82, 2.24) is 10.3 Å². The standard InChI is InChI=1S/C13H20N2/c1-3-10-4-5-12(15-9-10)6-11-7-13(8-11)14-2/h4-5,9,11,13-14H,3,6-8H2,1-2H3. The summed E-state index contributed by atoms with van der Waals surface area (Å²) in [5.41, 5.74) is 2.59. The smallest absolute Gasteiger partial charge is 0.0406 e. The van der Waals surface area contributed by atoms with Gasteiger partial charge in [0, 0.05) is 17.9 Å². The fourth-order valence-corrected chi connectivity index (χ4v) is 2.22. The summed E-state index contributed by atoms with van der Waals surface area (Å²) in [5.74, 6) is 0.849. The van der Waals surface area contributed by atoms with Crippen molar-refractivity contribution in [1.29, 1.82) is 0 Å². The van der Waals surface area contributed by atoms with Crippen LogP contribution in [0.2, 0.25) is 0 Å². The van der Waals surface area contributed by atoms with E-state index >= 15 is 0 Å². The maximum absolute atomic E-state index is 4.50. The molecule has 0 aromatic carbocycles. The van der Waals surface area contributed by atoms with Crippen molar-refractivity contribution in [2.45, 2.75) is 38.6 Å². The zero-order valence-corrected chi connectivity index (χ0v) is 9.66. The molecule has 0 saturated heterocycles. The lowest BCUT2D eigenvalue weighted by atomic mass is 9.77. The van der Waals surface area contributed by atoms with E-state index in [9.17, 15) is 0 Å². The molecule has 0 spiro atoms. The summed E-state index contributed by atoms with van der Waals surface area (Å²) in [6, 6.07) is 5.15. The second-order valence-corrected chi connectivity index (χ2v) is 4.54. The molecule has 15 heavy (non-hydrogen) atoms. The Morgan fingerprint density at radius 2 is 2.20 bits per heavy atom. The highest BCUT2D eigenvalue weighted by atomic mass is 14.9. The molecule has 2 nitrogen and oxygen atoms in total. The predicted octanol–water partition coefficient (Wildman–Crippen LogP) is 2.18. The van der Waals surface area contributed by atoms with Gasteiger partial charge >= 0.3 is 0 Å². The van der Waals surface area contributed by atoms with Crippen LogP contribution in [0, 0.1) is 5.92 Å². The van der Waals surface area contributed by atoms with Crippen molar-refractivity contribution in [3.8, 4) is 0 Å². The number of rotatable bonds is 4. The van der Waals surface area contributed by atoms with Gasteiger partial charge in [-0.15, -0.1) is 0 Å². The Kier molecular flexibility index (Phi) is 3.37. The van der Waals surface area contributed by atoms with Gasteiger partial charge in [0.1, 0.15) is 0 Å². The highest BCUT2D eigenvalue weighted by molar-refractivity contribution is 5.14. The molecule has 1 heterocycles. The Morgan fingerprint density at radius 3 is 2.73 bits per heavy atom. The van der Waals surface area contributed by atoms with E-state index in [1.165, 1.54) is 24.1 Å². The van der Waals surface area contributed by atoms with Crippen LogP contribution in [0.3, 0.4) is 0 Å². The molecule has 0 atom stereocenters. The largest absolute Gasteiger partial charge is 0.317 e. The van der Waals surface area contributed by atoms with Crippen LogP contribution in [0.4, 0.5) is 0 Å². The molecule has 1 fully saturated rings. The lowest BCUT2D eigenvalue weighted by molar-refractivity contribution is 0.231. The van der Waals surface area contributed by atoms with Gasteiger partial charge < -0.3 is 5.32 Å². The number of aromatic nitrogens is 1. The molecule has 0 unspecified atom stereocenters. The van der Waals surface area contributed by atoms with Crippen molar-refractivity contribution >= 4 is 0 Å². The lowest BCUT2D eigenvalue weighted by Gasteiger charge is -2.34. The first-order valence-corrected chi connectivity index (χ1v) is 5.93. The molecule has 2 heteroatoms. The minimum atomic E-state index is 0.755. The van der Waals surface area contributed by atoms with Crippen LogP contribution < -0.4 is 5.32 Å². The minimum absolute atomic E-state index is 0.755. The van der Waals surface area contributed by atoms with Crippen molar-refractivity contribution < 1.29 is 0 Å². The number of pyridine rings is 1. The van der Waals surface area contributed by atoms with Crippen LogP contribution in [0.25, 0.3) is 0 Å². The molecular weight excluding hydrogens is 184 g/mol. The average Bonchev–Trinajstić information content (AvgIpc) is 2.23. The summed E-state index contributed by atoms with van der Waals surface area (Å²) in [5, 5.41) is 3.31. The molecule has 1 N–H and O–H groups in total. The summed E-state index contributed by atoms with van der Waals surface area (Å²) in [6.07, 6.45) is 6.88. The number of nitrogens with zero attached hydrogens (tertiary/aromatic N) is 1. The Balaban J connectivity index is 1.84. The molecule has 0 bridgehead atoms. The van der Waals surface area contributed by atoms with E-state index in [4.69, 9.17) is 0 Å². The molecule has 1 saturated carbocycles. The fourth-order valence-electron chi connectivity index (χ4n) is 2.22. The monoisotopic (exact) mass is 204 g/mol. The van der Waals surface area contributed by atoms with E-state index in [0.29, 0.717) is 0 Å². The fraction of sp³-hybridized carbons (Fsp3) is 0.615. The first-order chi connectivity index (χ1) is 7.31. The van der Waals surface area contributed by atoms with E-state index in [1.807, 2.05) is 6.20 Å². The van der Waals surface area contributed by atoms with Crippen LogP contribution in [-0.2, 0) is 12.8 Å². The molecular formula is C13H20N2. The Labute approximate surface area is 92.1 Å². The summed E-state index contributed by atoms with van der Waals surface area (Å²) >= 11 is 0. The zero-order valence-electron chi connectivity index (χ0n) is 9.66. The van der Waals surface area contributed by atoms with E-state index in [2.05, 4.69) is 36.4 Å². The Bertz CT molecular complexity index is 299. The normalized spacial score (nSPS) is 24.9. The summed E-state index contributed by atoms with van der Waals surface area (Å²) in [7, 11) is 2.05. The van der Waals surface area contributed by atoms with E-state index in [-0.39, 0.29) is 0 Å².